The molecule has 7 nitrogen and oxygen atoms in total. The van der Waals surface area contributed by atoms with Gasteiger partial charge in [-0.15, -0.1) is 0 Å². The fourth-order valence-corrected chi connectivity index (χ4v) is 6.67. The molecular formula is C31H33ClF5N3O4. The highest BCUT2D eigenvalue weighted by Crippen LogP contribution is 2.54. The van der Waals surface area contributed by atoms with Gasteiger partial charge in [-0.25, -0.2) is 13.6 Å². The second-order valence-electron chi connectivity index (χ2n) is 11.7. The van der Waals surface area contributed by atoms with E-state index in [0.717, 1.165) is 12.1 Å². The van der Waals surface area contributed by atoms with E-state index in [1.807, 2.05) is 0 Å². The van der Waals surface area contributed by atoms with Crippen molar-refractivity contribution in [1.82, 2.24) is 14.7 Å². The van der Waals surface area contributed by atoms with E-state index in [2.05, 4.69) is 0 Å². The maximum absolute atomic E-state index is 14.5. The third-order valence-electron chi connectivity index (χ3n) is 9.26. The lowest BCUT2D eigenvalue weighted by molar-refractivity contribution is -0.249. The van der Waals surface area contributed by atoms with Crippen LogP contribution in [0.1, 0.15) is 50.5 Å². The van der Waals surface area contributed by atoms with Crippen molar-refractivity contribution in [3.63, 3.8) is 0 Å². The molecule has 44 heavy (non-hydrogen) atoms. The molecule has 1 saturated carbocycles. The van der Waals surface area contributed by atoms with Gasteiger partial charge in [0.15, 0.2) is 0 Å². The maximum atomic E-state index is 14.5. The molecule has 2 saturated heterocycles. The number of carbonyl (C=O) groups excluding carboxylic acids is 3. The Morgan fingerprint density at radius 3 is 2.20 bits per heavy atom. The lowest BCUT2D eigenvalue weighted by atomic mass is 9.67. The molecule has 2 aliphatic heterocycles. The zero-order valence-corrected chi connectivity index (χ0v) is 24.8. The van der Waals surface area contributed by atoms with Crippen LogP contribution in [0.15, 0.2) is 42.5 Å². The van der Waals surface area contributed by atoms with Crippen LogP contribution in [0.25, 0.3) is 0 Å². The van der Waals surface area contributed by atoms with Gasteiger partial charge < -0.3 is 19.4 Å². The highest BCUT2D eigenvalue weighted by atomic mass is 35.5. The van der Waals surface area contributed by atoms with Crippen LogP contribution in [-0.2, 0) is 9.59 Å². The molecule has 0 bridgehead atoms. The topological polar surface area (TPSA) is 70.2 Å². The van der Waals surface area contributed by atoms with Crippen molar-refractivity contribution in [3.05, 3.63) is 64.7 Å². The van der Waals surface area contributed by atoms with Gasteiger partial charge in [0.05, 0.1) is 11.1 Å². The standard InChI is InChI=1S/C31H33ClF5N3O4/c1-2-40(29(43)44-22-7-5-21(33)6-8-22)26-18-39(17-23(26)20-4-9-24(32)25(34)16-20)27(41)19-10-14-38(15-11-19)28(42)30(12-3-13-30)31(35,36)37/h4-9,16,19,23,26H,2-3,10-15,17-18H2,1H3/t23-,26+/m0/s1. The van der Waals surface area contributed by atoms with Gasteiger partial charge in [0.1, 0.15) is 22.8 Å². The number of carbonyl (C=O) groups is 3. The second kappa shape index (κ2) is 12.5. The van der Waals surface area contributed by atoms with Crippen molar-refractivity contribution in [2.24, 2.45) is 11.3 Å². The molecular weight excluding hydrogens is 609 g/mol. The van der Waals surface area contributed by atoms with Gasteiger partial charge in [-0.1, -0.05) is 24.1 Å². The molecule has 5 rings (SSSR count). The molecule has 2 aromatic carbocycles. The lowest BCUT2D eigenvalue weighted by Gasteiger charge is -2.45. The van der Waals surface area contributed by atoms with E-state index in [1.54, 1.807) is 17.9 Å². The molecule has 2 atom stereocenters. The van der Waals surface area contributed by atoms with Crippen LogP contribution in [0, 0.1) is 23.0 Å². The second-order valence-corrected chi connectivity index (χ2v) is 12.1. The fourth-order valence-electron chi connectivity index (χ4n) is 6.55. The van der Waals surface area contributed by atoms with Crippen LogP contribution < -0.4 is 4.74 Å². The Bertz CT molecular complexity index is 1390. The van der Waals surface area contributed by atoms with Gasteiger partial charge in [0, 0.05) is 44.6 Å². The molecule has 13 heteroatoms. The summed E-state index contributed by atoms with van der Waals surface area (Å²) in [5.41, 5.74) is -1.79. The maximum Gasteiger partial charge on any atom is 0.415 e. The van der Waals surface area contributed by atoms with Crippen molar-refractivity contribution in [2.75, 3.05) is 32.7 Å². The smallest absolute Gasteiger partial charge is 0.410 e. The molecule has 0 aromatic heterocycles. The highest BCUT2D eigenvalue weighted by Gasteiger charge is 2.64. The van der Waals surface area contributed by atoms with Crippen molar-refractivity contribution < 1.29 is 41.1 Å². The van der Waals surface area contributed by atoms with E-state index < -0.39 is 53.1 Å². The largest absolute Gasteiger partial charge is 0.415 e. The molecule has 2 heterocycles. The van der Waals surface area contributed by atoms with Gasteiger partial charge >= 0.3 is 12.3 Å². The van der Waals surface area contributed by atoms with Gasteiger partial charge in [-0.2, -0.15) is 13.2 Å². The Kier molecular flexibility index (Phi) is 9.11. The van der Waals surface area contributed by atoms with E-state index in [0.29, 0.717) is 12.0 Å². The minimum Gasteiger partial charge on any atom is -0.410 e. The fraction of sp³-hybridized carbons (Fsp3) is 0.516. The van der Waals surface area contributed by atoms with Crippen LogP contribution in [0.4, 0.5) is 26.7 Å². The van der Waals surface area contributed by atoms with Gasteiger partial charge in [-0.05, 0) is 74.6 Å². The van der Waals surface area contributed by atoms with E-state index in [1.165, 1.54) is 34.1 Å². The average Bonchev–Trinajstić information content (AvgIpc) is 3.39. The SMILES string of the molecule is CCN(C(=O)Oc1ccc(F)cc1)[C@@H]1CN(C(=O)C2CCN(C(=O)C3(C(F)(F)F)CCC3)CC2)C[C@H]1c1ccc(Cl)c(F)c1. The molecule has 2 aromatic rings. The van der Waals surface area contributed by atoms with E-state index >= 15 is 0 Å². The zero-order chi connectivity index (χ0) is 31.8. The number of rotatable bonds is 6. The molecule has 3 aliphatic rings. The minimum atomic E-state index is -4.61. The van der Waals surface area contributed by atoms with Crippen molar-refractivity contribution in [2.45, 2.75) is 57.2 Å². The first-order valence-electron chi connectivity index (χ1n) is 14.7. The van der Waals surface area contributed by atoms with E-state index in [4.69, 9.17) is 16.3 Å². The number of amides is 3. The summed E-state index contributed by atoms with van der Waals surface area (Å²) in [6.07, 6.45) is -4.99. The van der Waals surface area contributed by atoms with Crippen LogP contribution in [0.5, 0.6) is 5.75 Å². The normalized spacial score (nSPS) is 22.0. The van der Waals surface area contributed by atoms with Crippen molar-refractivity contribution >= 4 is 29.5 Å². The molecule has 0 spiro atoms. The van der Waals surface area contributed by atoms with Crippen LogP contribution >= 0.6 is 11.6 Å². The third kappa shape index (κ3) is 6.09. The lowest BCUT2D eigenvalue weighted by Crippen LogP contribution is -2.57. The van der Waals surface area contributed by atoms with Crippen LogP contribution in [0.2, 0.25) is 5.02 Å². The van der Waals surface area contributed by atoms with Crippen molar-refractivity contribution in [3.8, 4) is 5.75 Å². The number of likely N-dealkylation sites (tertiary alicyclic amines) is 2. The predicted molar refractivity (Wildman–Crippen MR) is 151 cm³/mol. The predicted octanol–water partition coefficient (Wildman–Crippen LogP) is 6.40. The van der Waals surface area contributed by atoms with Gasteiger partial charge in [0.25, 0.3) is 0 Å². The first-order chi connectivity index (χ1) is 20.8. The molecule has 1 aliphatic carbocycles. The third-order valence-corrected chi connectivity index (χ3v) is 9.56. The Morgan fingerprint density at radius 2 is 1.66 bits per heavy atom. The first kappa shape index (κ1) is 32.0. The Morgan fingerprint density at radius 1 is 1.00 bits per heavy atom. The number of halogens is 6. The number of hydrogen-bond donors (Lipinski definition) is 0. The summed E-state index contributed by atoms with van der Waals surface area (Å²) in [5.74, 6) is -3.19. The molecule has 3 fully saturated rings. The summed E-state index contributed by atoms with van der Waals surface area (Å²) < 4.78 is 74.5. The number of benzene rings is 2. The number of nitrogens with zero attached hydrogens (tertiary/aromatic N) is 3. The van der Waals surface area contributed by atoms with Crippen LogP contribution in [0.3, 0.4) is 0 Å². The minimum absolute atomic E-state index is 0.0429. The summed E-state index contributed by atoms with van der Waals surface area (Å²) in [7, 11) is 0. The highest BCUT2D eigenvalue weighted by molar-refractivity contribution is 6.30. The molecule has 0 N–H and O–H groups in total. The van der Waals surface area contributed by atoms with Gasteiger partial charge in [-0.3, -0.25) is 9.59 Å². The first-order valence-corrected chi connectivity index (χ1v) is 15.1. The summed E-state index contributed by atoms with van der Waals surface area (Å²) in [6, 6.07) is 8.65. The number of alkyl halides is 3. The summed E-state index contributed by atoms with van der Waals surface area (Å²) in [4.78, 5) is 44.1. The molecule has 3 amide bonds. The number of likely N-dealkylation sites (N-methyl/N-ethyl adjacent to an activating group) is 1. The van der Waals surface area contributed by atoms with Crippen LogP contribution in [-0.4, -0.2) is 77.5 Å². The zero-order valence-electron chi connectivity index (χ0n) is 24.1. The summed E-state index contributed by atoms with van der Waals surface area (Å²) in [6.45, 7) is 2.28. The number of piperidine rings is 1. The van der Waals surface area contributed by atoms with E-state index in [-0.39, 0.29) is 75.1 Å². The number of hydrogen-bond acceptors (Lipinski definition) is 4. The van der Waals surface area contributed by atoms with Gasteiger partial charge in [0.2, 0.25) is 11.8 Å². The molecule has 0 unspecified atom stereocenters. The average molecular weight is 642 g/mol. The molecule has 0 radical (unpaired) electrons. The Balaban J connectivity index is 1.31. The monoisotopic (exact) mass is 641 g/mol. The molecule has 238 valence electrons. The summed E-state index contributed by atoms with van der Waals surface area (Å²) in [5, 5.41) is -0.0743. The van der Waals surface area contributed by atoms with E-state index in [9.17, 15) is 36.3 Å². The Hall–Kier alpha value is -3.41. The Labute approximate surface area is 256 Å². The summed E-state index contributed by atoms with van der Waals surface area (Å²) >= 11 is 5.90. The quantitative estimate of drug-likeness (QED) is 0.342. The van der Waals surface area contributed by atoms with Crippen molar-refractivity contribution in [1.29, 1.82) is 0 Å². The number of ether oxygens (including phenoxy) is 1.